The molecule has 0 aliphatic heterocycles. The van der Waals surface area contributed by atoms with Crippen molar-refractivity contribution in [3.63, 3.8) is 0 Å². The summed E-state index contributed by atoms with van der Waals surface area (Å²) in [5, 5.41) is 0.191. The lowest BCUT2D eigenvalue weighted by Crippen LogP contribution is -2.34. The van der Waals surface area contributed by atoms with E-state index in [0.717, 1.165) is 5.69 Å². The minimum atomic E-state index is -3.81. The van der Waals surface area contributed by atoms with E-state index in [1.807, 2.05) is 18.2 Å². The Balaban J connectivity index is 2.25. The summed E-state index contributed by atoms with van der Waals surface area (Å²) in [4.78, 5) is 4.16. The van der Waals surface area contributed by atoms with Crippen LogP contribution in [0.15, 0.2) is 41.4 Å². The van der Waals surface area contributed by atoms with Crippen molar-refractivity contribution in [1.29, 1.82) is 0 Å². The van der Waals surface area contributed by atoms with Crippen molar-refractivity contribution in [2.24, 2.45) is 0 Å². The van der Waals surface area contributed by atoms with Gasteiger partial charge in [0.25, 0.3) is 0 Å². The highest BCUT2D eigenvalue weighted by molar-refractivity contribution is 7.89. The number of methoxy groups -OCH3 is 2. The number of ether oxygens (including phenoxy) is 2. The lowest BCUT2D eigenvalue weighted by molar-refractivity contribution is 0.386. The Labute approximate surface area is 146 Å². The number of rotatable bonds is 7. The number of nitrogens with one attached hydrogen (secondary N) is 1. The molecule has 1 atom stereocenters. The van der Waals surface area contributed by atoms with Crippen LogP contribution >= 0.6 is 11.6 Å². The van der Waals surface area contributed by atoms with Gasteiger partial charge in [-0.05, 0) is 25.1 Å². The Kier molecular flexibility index (Phi) is 6.04. The lowest BCUT2D eigenvalue weighted by Gasteiger charge is -2.17. The molecule has 8 heteroatoms. The number of aromatic nitrogens is 1. The molecule has 1 aromatic carbocycles. The summed E-state index contributed by atoms with van der Waals surface area (Å²) in [6.45, 7) is 1.77. The first-order valence-electron chi connectivity index (χ1n) is 7.21. The zero-order valence-corrected chi connectivity index (χ0v) is 15.2. The fourth-order valence-corrected chi connectivity index (χ4v) is 3.97. The van der Waals surface area contributed by atoms with Gasteiger partial charge in [0.1, 0.15) is 16.4 Å². The van der Waals surface area contributed by atoms with E-state index in [4.69, 9.17) is 21.1 Å². The third kappa shape index (κ3) is 4.37. The summed E-state index contributed by atoms with van der Waals surface area (Å²) in [5.74, 6) is 0.503. The van der Waals surface area contributed by atoms with Crippen molar-refractivity contribution < 1.29 is 17.9 Å². The van der Waals surface area contributed by atoms with E-state index in [9.17, 15) is 8.42 Å². The molecule has 130 valence electrons. The van der Waals surface area contributed by atoms with Gasteiger partial charge >= 0.3 is 0 Å². The molecular formula is C16H19ClN2O4S. The largest absolute Gasteiger partial charge is 0.495 e. The van der Waals surface area contributed by atoms with E-state index >= 15 is 0 Å². The van der Waals surface area contributed by atoms with Crippen molar-refractivity contribution in [2.45, 2.75) is 24.3 Å². The molecule has 1 aromatic heterocycles. The van der Waals surface area contributed by atoms with Gasteiger partial charge in [0.2, 0.25) is 10.0 Å². The smallest absolute Gasteiger partial charge is 0.244 e. The average molecular weight is 371 g/mol. The molecule has 2 aromatic rings. The van der Waals surface area contributed by atoms with Crippen LogP contribution in [0.5, 0.6) is 11.5 Å². The summed E-state index contributed by atoms with van der Waals surface area (Å²) in [5.41, 5.74) is 0.799. The van der Waals surface area contributed by atoms with Crippen molar-refractivity contribution in [1.82, 2.24) is 9.71 Å². The van der Waals surface area contributed by atoms with Crippen molar-refractivity contribution in [3.05, 3.63) is 47.2 Å². The first-order chi connectivity index (χ1) is 11.4. The predicted molar refractivity (Wildman–Crippen MR) is 92.3 cm³/mol. The van der Waals surface area contributed by atoms with Crippen molar-refractivity contribution >= 4 is 21.6 Å². The molecule has 0 spiro atoms. The van der Waals surface area contributed by atoms with Crippen LogP contribution in [-0.4, -0.2) is 33.7 Å². The van der Waals surface area contributed by atoms with Gasteiger partial charge in [-0.15, -0.1) is 0 Å². The van der Waals surface area contributed by atoms with Crippen molar-refractivity contribution in [3.8, 4) is 11.5 Å². The molecule has 24 heavy (non-hydrogen) atoms. The van der Waals surface area contributed by atoms with Gasteiger partial charge in [-0.1, -0.05) is 17.7 Å². The second-order valence-electron chi connectivity index (χ2n) is 5.19. The highest BCUT2D eigenvalue weighted by Crippen LogP contribution is 2.35. The second-order valence-corrected chi connectivity index (χ2v) is 7.27. The van der Waals surface area contributed by atoms with E-state index in [1.54, 1.807) is 13.1 Å². The minimum absolute atomic E-state index is 0.0383. The number of halogens is 1. The van der Waals surface area contributed by atoms with Crippen LogP contribution in [0, 0.1) is 0 Å². The standard InChI is InChI=1S/C16H19ClN2O4S/c1-11(8-12-6-4-5-7-18-12)19-24(20,21)16-9-13(17)14(22-2)10-15(16)23-3/h4-7,9-11,19H,8H2,1-3H3/t11-/m1/s1. The van der Waals surface area contributed by atoms with Crippen LogP contribution in [-0.2, 0) is 16.4 Å². The van der Waals surface area contributed by atoms with Crippen LogP contribution < -0.4 is 14.2 Å². The van der Waals surface area contributed by atoms with Gasteiger partial charge in [-0.25, -0.2) is 13.1 Å². The molecule has 0 fully saturated rings. The van der Waals surface area contributed by atoms with Gasteiger partial charge in [-0.3, -0.25) is 4.98 Å². The maximum atomic E-state index is 12.7. The number of pyridine rings is 1. The third-order valence-corrected chi connectivity index (χ3v) is 5.23. The van der Waals surface area contributed by atoms with Crippen LogP contribution in [0.4, 0.5) is 0 Å². The van der Waals surface area contributed by atoms with Gasteiger partial charge in [-0.2, -0.15) is 0 Å². The lowest BCUT2D eigenvalue weighted by atomic mass is 10.2. The van der Waals surface area contributed by atoms with E-state index in [2.05, 4.69) is 9.71 Å². The number of hydrogen-bond acceptors (Lipinski definition) is 5. The maximum Gasteiger partial charge on any atom is 0.244 e. The molecule has 0 amide bonds. The molecule has 0 radical (unpaired) electrons. The molecule has 0 aliphatic carbocycles. The SMILES string of the molecule is COc1cc(OC)c(S(=O)(=O)N[C@H](C)Cc2ccccn2)cc1Cl. The highest BCUT2D eigenvalue weighted by atomic mass is 35.5. The van der Waals surface area contributed by atoms with Gasteiger partial charge in [0.05, 0.1) is 19.2 Å². The molecule has 1 N–H and O–H groups in total. The zero-order valence-electron chi connectivity index (χ0n) is 13.6. The van der Waals surface area contributed by atoms with Gasteiger partial charge < -0.3 is 9.47 Å². The first kappa shape index (κ1) is 18.5. The summed E-state index contributed by atoms with van der Waals surface area (Å²) in [6, 6.07) is 7.92. The Morgan fingerprint density at radius 3 is 2.50 bits per heavy atom. The molecule has 2 rings (SSSR count). The second kappa shape index (κ2) is 7.83. The highest BCUT2D eigenvalue weighted by Gasteiger charge is 2.24. The minimum Gasteiger partial charge on any atom is -0.495 e. The van der Waals surface area contributed by atoms with Gasteiger partial charge in [0.15, 0.2) is 0 Å². The Bertz CT molecular complexity index is 797. The Hall–Kier alpha value is -1.83. The van der Waals surface area contributed by atoms with Crippen LogP contribution in [0.1, 0.15) is 12.6 Å². The molecular weight excluding hydrogens is 352 g/mol. The molecule has 1 heterocycles. The van der Waals surface area contributed by atoms with Gasteiger partial charge in [0, 0.05) is 30.4 Å². The zero-order chi connectivity index (χ0) is 17.7. The van der Waals surface area contributed by atoms with Crippen molar-refractivity contribution in [2.75, 3.05) is 14.2 Å². The van der Waals surface area contributed by atoms with E-state index in [1.165, 1.54) is 26.4 Å². The van der Waals surface area contributed by atoms with Crippen LogP contribution in [0.25, 0.3) is 0 Å². The number of benzene rings is 1. The first-order valence-corrected chi connectivity index (χ1v) is 9.07. The average Bonchev–Trinajstić information content (AvgIpc) is 2.54. The molecule has 0 aliphatic rings. The van der Waals surface area contributed by atoms with E-state index in [-0.39, 0.29) is 21.7 Å². The van der Waals surface area contributed by atoms with E-state index in [0.29, 0.717) is 12.2 Å². The van der Waals surface area contributed by atoms with Crippen LogP contribution in [0.2, 0.25) is 5.02 Å². The quantitative estimate of drug-likeness (QED) is 0.810. The predicted octanol–water partition coefficient (Wildman–Crippen LogP) is 2.66. The number of sulfonamides is 1. The molecule has 0 saturated carbocycles. The summed E-state index contributed by atoms with van der Waals surface area (Å²) in [6.07, 6.45) is 2.13. The number of nitrogens with zero attached hydrogens (tertiary/aromatic N) is 1. The molecule has 6 nitrogen and oxygen atoms in total. The Morgan fingerprint density at radius 1 is 1.21 bits per heavy atom. The van der Waals surface area contributed by atoms with E-state index < -0.39 is 10.0 Å². The number of hydrogen-bond donors (Lipinski definition) is 1. The summed E-state index contributed by atoms with van der Waals surface area (Å²) >= 11 is 6.05. The fourth-order valence-electron chi connectivity index (χ4n) is 2.25. The third-order valence-electron chi connectivity index (χ3n) is 3.33. The molecule has 0 bridgehead atoms. The summed E-state index contributed by atoms with van der Waals surface area (Å²) < 4.78 is 38.2. The Morgan fingerprint density at radius 2 is 1.92 bits per heavy atom. The maximum absolute atomic E-state index is 12.7. The fraction of sp³-hybridized carbons (Fsp3) is 0.312. The van der Waals surface area contributed by atoms with Crippen LogP contribution in [0.3, 0.4) is 0 Å². The topological polar surface area (TPSA) is 77.5 Å². The molecule has 0 saturated heterocycles. The monoisotopic (exact) mass is 370 g/mol. The normalized spacial score (nSPS) is 12.7. The molecule has 0 unspecified atom stereocenters. The summed E-state index contributed by atoms with van der Waals surface area (Å²) in [7, 11) is -0.978.